The van der Waals surface area contributed by atoms with E-state index in [0.29, 0.717) is 18.0 Å². The Bertz CT molecular complexity index is 946. The Balaban J connectivity index is 1.59. The number of sulfonamides is 1. The highest BCUT2D eigenvalue weighted by Crippen LogP contribution is 2.38. The fraction of sp³-hybridized carbons (Fsp3) is 0.600. The normalized spacial score (nSPS) is 21.4. The van der Waals surface area contributed by atoms with Crippen LogP contribution in [0.3, 0.4) is 0 Å². The highest BCUT2D eigenvalue weighted by Gasteiger charge is 2.32. The summed E-state index contributed by atoms with van der Waals surface area (Å²) in [5.41, 5.74) is 3.51. The van der Waals surface area contributed by atoms with Crippen LogP contribution in [0.5, 0.6) is 0 Å². The van der Waals surface area contributed by atoms with E-state index in [1.807, 2.05) is 17.8 Å². The van der Waals surface area contributed by atoms with Crippen molar-refractivity contribution in [1.82, 2.24) is 19.1 Å². The molecular formula is C20H29N5O2S. The zero-order chi connectivity index (χ0) is 19.9. The maximum atomic E-state index is 12.9. The van der Waals surface area contributed by atoms with Gasteiger partial charge in [0.15, 0.2) is 0 Å². The molecule has 0 bridgehead atoms. The van der Waals surface area contributed by atoms with E-state index in [0.717, 1.165) is 50.2 Å². The van der Waals surface area contributed by atoms with Crippen LogP contribution in [0.2, 0.25) is 0 Å². The highest BCUT2D eigenvalue weighted by molar-refractivity contribution is 7.89. The van der Waals surface area contributed by atoms with Crippen LogP contribution in [0.1, 0.15) is 55.1 Å². The van der Waals surface area contributed by atoms with Crippen LogP contribution >= 0.6 is 0 Å². The number of aromatic nitrogens is 3. The third-order valence-electron chi connectivity index (χ3n) is 6.12. The minimum atomic E-state index is -3.44. The molecule has 4 heterocycles. The van der Waals surface area contributed by atoms with Gasteiger partial charge in [0.1, 0.15) is 10.7 Å². The van der Waals surface area contributed by atoms with Gasteiger partial charge in [-0.05, 0) is 51.7 Å². The van der Waals surface area contributed by atoms with Gasteiger partial charge in [-0.3, -0.25) is 4.68 Å². The van der Waals surface area contributed by atoms with Crippen molar-refractivity contribution in [2.75, 3.05) is 24.5 Å². The first-order valence-electron chi connectivity index (χ1n) is 10.1. The zero-order valence-electron chi connectivity index (χ0n) is 16.9. The van der Waals surface area contributed by atoms with Crippen LogP contribution in [0.25, 0.3) is 0 Å². The number of anilines is 1. The van der Waals surface area contributed by atoms with Crippen LogP contribution < -0.4 is 4.90 Å². The Morgan fingerprint density at radius 3 is 2.39 bits per heavy atom. The fourth-order valence-corrected chi connectivity index (χ4v) is 6.03. The molecule has 2 aromatic rings. The molecule has 0 spiro atoms. The molecule has 1 atom stereocenters. The molecule has 8 heteroatoms. The molecule has 0 aromatic carbocycles. The summed E-state index contributed by atoms with van der Waals surface area (Å²) >= 11 is 0. The fourth-order valence-electron chi connectivity index (χ4n) is 4.56. The summed E-state index contributed by atoms with van der Waals surface area (Å²) in [4.78, 5) is 7.14. The SMILES string of the molecule is Cc1nn(C)c(C)c1C1CCCN1c1ccc(S(=O)(=O)N2CCCCC2)cn1. The standard InChI is InChI=1S/C20H29N5O2S/c1-15-20(16(2)23(3)22-15)18-8-7-13-25(18)19-10-9-17(14-21-19)28(26,27)24-11-5-4-6-12-24/h9-10,14,18H,4-8,11-13H2,1-3H3. The average molecular weight is 404 g/mol. The van der Waals surface area contributed by atoms with Crippen molar-refractivity contribution in [2.45, 2.75) is 56.9 Å². The lowest BCUT2D eigenvalue weighted by atomic mass is 10.0. The molecule has 0 N–H and O–H groups in total. The van der Waals surface area contributed by atoms with Gasteiger partial charge in [0.25, 0.3) is 0 Å². The number of pyridine rings is 1. The summed E-state index contributed by atoms with van der Waals surface area (Å²) in [6.07, 6.45) is 6.65. The molecule has 0 amide bonds. The second-order valence-electron chi connectivity index (χ2n) is 7.88. The van der Waals surface area contributed by atoms with Crippen LogP contribution in [0.15, 0.2) is 23.2 Å². The molecule has 2 fully saturated rings. The lowest BCUT2D eigenvalue weighted by Crippen LogP contribution is -2.35. The van der Waals surface area contributed by atoms with E-state index < -0.39 is 10.0 Å². The molecule has 2 saturated heterocycles. The van der Waals surface area contributed by atoms with E-state index in [4.69, 9.17) is 0 Å². The quantitative estimate of drug-likeness (QED) is 0.785. The summed E-state index contributed by atoms with van der Waals surface area (Å²) in [6.45, 7) is 6.30. The Kier molecular flexibility index (Phi) is 5.18. The van der Waals surface area contributed by atoms with Crippen LogP contribution in [0, 0.1) is 13.8 Å². The molecule has 4 rings (SSSR count). The smallest absolute Gasteiger partial charge is 0.244 e. The van der Waals surface area contributed by atoms with Crippen LogP contribution in [-0.2, 0) is 17.1 Å². The lowest BCUT2D eigenvalue weighted by molar-refractivity contribution is 0.346. The molecule has 2 aromatic heterocycles. The number of hydrogen-bond acceptors (Lipinski definition) is 5. The number of nitrogens with zero attached hydrogens (tertiary/aromatic N) is 5. The van der Waals surface area contributed by atoms with Crippen molar-refractivity contribution < 1.29 is 8.42 Å². The third-order valence-corrected chi connectivity index (χ3v) is 8.00. The van der Waals surface area contributed by atoms with Crippen molar-refractivity contribution in [1.29, 1.82) is 0 Å². The topological polar surface area (TPSA) is 71.3 Å². The second-order valence-corrected chi connectivity index (χ2v) is 9.81. The third kappa shape index (κ3) is 3.33. The molecule has 152 valence electrons. The number of rotatable bonds is 4. The predicted octanol–water partition coefficient (Wildman–Crippen LogP) is 2.95. The summed E-state index contributed by atoms with van der Waals surface area (Å²) in [7, 11) is -1.46. The van der Waals surface area contributed by atoms with E-state index in [-0.39, 0.29) is 6.04 Å². The monoisotopic (exact) mass is 403 g/mol. The first-order chi connectivity index (χ1) is 13.4. The highest BCUT2D eigenvalue weighted by atomic mass is 32.2. The molecule has 2 aliphatic rings. The van der Waals surface area contributed by atoms with Crippen molar-refractivity contribution in [3.05, 3.63) is 35.3 Å². The van der Waals surface area contributed by atoms with Gasteiger partial charge in [0, 0.05) is 44.1 Å². The maximum Gasteiger partial charge on any atom is 0.244 e. The summed E-state index contributed by atoms with van der Waals surface area (Å²) in [5.74, 6) is 0.836. The molecule has 1 unspecified atom stereocenters. The number of piperidine rings is 1. The summed E-state index contributed by atoms with van der Waals surface area (Å²) < 4.78 is 29.2. The van der Waals surface area contributed by atoms with Gasteiger partial charge in [-0.1, -0.05) is 6.42 Å². The number of hydrogen-bond donors (Lipinski definition) is 0. The van der Waals surface area contributed by atoms with Gasteiger partial charge in [0.05, 0.1) is 11.7 Å². The summed E-state index contributed by atoms with van der Waals surface area (Å²) in [5, 5.41) is 4.57. The van der Waals surface area contributed by atoms with Gasteiger partial charge in [0.2, 0.25) is 10.0 Å². The second kappa shape index (κ2) is 7.48. The molecule has 0 radical (unpaired) electrons. The predicted molar refractivity (Wildman–Crippen MR) is 109 cm³/mol. The molecule has 7 nitrogen and oxygen atoms in total. The maximum absolute atomic E-state index is 12.9. The minimum Gasteiger partial charge on any atom is -0.349 e. The molecule has 2 aliphatic heterocycles. The van der Waals surface area contributed by atoms with Crippen molar-refractivity contribution in [2.24, 2.45) is 7.05 Å². The van der Waals surface area contributed by atoms with Gasteiger partial charge in [-0.25, -0.2) is 13.4 Å². The Hall–Kier alpha value is -1.93. The van der Waals surface area contributed by atoms with Crippen molar-refractivity contribution >= 4 is 15.8 Å². The van der Waals surface area contributed by atoms with E-state index in [1.165, 1.54) is 17.5 Å². The van der Waals surface area contributed by atoms with Crippen molar-refractivity contribution in [3.63, 3.8) is 0 Å². The number of aryl methyl sites for hydroxylation is 2. The Labute approximate surface area is 167 Å². The zero-order valence-corrected chi connectivity index (χ0v) is 17.7. The Morgan fingerprint density at radius 1 is 1.04 bits per heavy atom. The Morgan fingerprint density at radius 2 is 1.79 bits per heavy atom. The van der Waals surface area contributed by atoms with Gasteiger partial charge >= 0.3 is 0 Å². The van der Waals surface area contributed by atoms with Crippen LogP contribution in [-0.4, -0.2) is 47.1 Å². The summed E-state index contributed by atoms with van der Waals surface area (Å²) in [6, 6.07) is 3.81. The first-order valence-corrected chi connectivity index (χ1v) is 11.6. The van der Waals surface area contributed by atoms with Gasteiger partial charge in [-0.15, -0.1) is 0 Å². The minimum absolute atomic E-state index is 0.241. The van der Waals surface area contributed by atoms with Crippen LogP contribution in [0.4, 0.5) is 5.82 Å². The van der Waals surface area contributed by atoms with Crippen molar-refractivity contribution in [3.8, 4) is 0 Å². The van der Waals surface area contributed by atoms with Gasteiger partial charge in [-0.2, -0.15) is 9.40 Å². The first kappa shape index (κ1) is 19.4. The molecular weight excluding hydrogens is 374 g/mol. The molecule has 28 heavy (non-hydrogen) atoms. The average Bonchev–Trinajstić information content (AvgIpc) is 3.27. The lowest BCUT2D eigenvalue weighted by Gasteiger charge is -2.27. The van der Waals surface area contributed by atoms with Gasteiger partial charge < -0.3 is 4.90 Å². The molecule has 0 aliphatic carbocycles. The molecule has 0 saturated carbocycles. The largest absolute Gasteiger partial charge is 0.349 e. The van der Waals surface area contributed by atoms with E-state index in [2.05, 4.69) is 28.8 Å². The van der Waals surface area contributed by atoms with E-state index in [1.54, 1.807) is 10.4 Å². The van der Waals surface area contributed by atoms with E-state index >= 15 is 0 Å². The van der Waals surface area contributed by atoms with E-state index in [9.17, 15) is 8.42 Å².